The van der Waals surface area contributed by atoms with Gasteiger partial charge in [0.1, 0.15) is 21.5 Å². The lowest BCUT2D eigenvalue weighted by molar-refractivity contribution is 0.278. The summed E-state index contributed by atoms with van der Waals surface area (Å²) < 4.78 is 12.3. The zero-order valence-electron chi connectivity index (χ0n) is 16.5. The van der Waals surface area contributed by atoms with Crippen LogP contribution in [0.2, 0.25) is 0 Å². The maximum absolute atomic E-state index is 12.3. The summed E-state index contributed by atoms with van der Waals surface area (Å²) in [4.78, 5) is 16.8. The molecule has 0 radical (unpaired) electrons. The Morgan fingerprint density at radius 1 is 1.34 bits per heavy atom. The molecule has 29 heavy (non-hydrogen) atoms. The second-order valence-corrected chi connectivity index (χ2v) is 8.20. The molecule has 1 saturated carbocycles. The molecule has 0 spiro atoms. The molecular formula is C19H22N6O3S. The van der Waals surface area contributed by atoms with Crippen LogP contribution in [0.5, 0.6) is 11.6 Å². The van der Waals surface area contributed by atoms with Crippen LogP contribution in [-0.4, -0.2) is 38.7 Å². The molecule has 4 rings (SSSR count). The van der Waals surface area contributed by atoms with Crippen molar-refractivity contribution in [3.63, 3.8) is 0 Å². The third kappa shape index (κ3) is 4.53. The van der Waals surface area contributed by atoms with E-state index in [4.69, 9.17) is 9.47 Å². The highest BCUT2D eigenvalue weighted by molar-refractivity contribution is 7.11. The highest BCUT2D eigenvalue weighted by Crippen LogP contribution is 2.46. The maximum Gasteiger partial charge on any atom is 0.290 e. The number of pyridine rings is 1. The topological polar surface area (TPSA) is 104 Å². The number of methoxy groups -OCH3 is 1. The minimum atomic E-state index is -0.217. The normalized spacial score (nSPS) is 17.8. The summed E-state index contributed by atoms with van der Waals surface area (Å²) in [6.07, 6.45) is 2.75. The Kier molecular flexibility index (Phi) is 5.43. The number of rotatable bonds is 8. The van der Waals surface area contributed by atoms with E-state index in [1.54, 1.807) is 26.4 Å². The summed E-state index contributed by atoms with van der Waals surface area (Å²) >= 11 is 1.49. The molecule has 0 aliphatic heterocycles. The number of anilines is 1. The van der Waals surface area contributed by atoms with E-state index in [1.807, 2.05) is 19.1 Å². The molecule has 0 saturated heterocycles. The van der Waals surface area contributed by atoms with Gasteiger partial charge in [-0.15, -0.1) is 15.3 Å². The van der Waals surface area contributed by atoms with Crippen LogP contribution in [0.1, 0.15) is 28.0 Å². The summed E-state index contributed by atoms with van der Waals surface area (Å²) in [6, 6.07) is 5.55. The fraction of sp³-hybridized carbons (Fsp3) is 0.421. The molecule has 2 atom stereocenters. The van der Waals surface area contributed by atoms with E-state index < -0.39 is 0 Å². The van der Waals surface area contributed by atoms with Crippen molar-refractivity contribution in [1.82, 2.24) is 25.0 Å². The average molecular weight is 414 g/mol. The third-order valence-electron chi connectivity index (χ3n) is 4.78. The van der Waals surface area contributed by atoms with Gasteiger partial charge in [0.05, 0.1) is 26.5 Å². The fourth-order valence-electron chi connectivity index (χ4n) is 3.08. The highest BCUT2D eigenvalue weighted by Gasteiger charge is 2.40. The number of hydrogen-bond donors (Lipinski definition) is 1. The van der Waals surface area contributed by atoms with Gasteiger partial charge in [-0.25, -0.2) is 4.68 Å². The largest absolute Gasteiger partial charge is 0.495 e. The lowest BCUT2D eigenvalue weighted by Crippen LogP contribution is -2.24. The summed E-state index contributed by atoms with van der Waals surface area (Å²) in [6.45, 7) is 2.85. The van der Waals surface area contributed by atoms with Crippen molar-refractivity contribution >= 4 is 17.0 Å². The number of aryl methyl sites for hydroxylation is 2. The first-order valence-electron chi connectivity index (χ1n) is 9.27. The first-order chi connectivity index (χ1) is 14.0. The molecule has 3 aromatic rings. The molecule has 1 aliphatic rings. The Morgan fingerprint density at radius 3 is 2.90 bits per heavy atom. The summed E-state index contributed by atoms with van der Waals surface area (Å²) in [5.74, 6) is 1.93. The van der Waals surface area contributed by atoms with Gasteiger partial charge in [-0.05, 0) is 25.5 Å². The molecule has 1 aliphatic carbocycles. The first-order valence-corrected chi connectivity index (χ1v) is 10.1. The maximum atomic E-state index is 12.3. The lowest BCUT2D eigenvalue weighted by atomic mass is 10.2. The van der Waals surface area contributed by atoms with Gasteiger partial charge in [0.2, 0.25) is 5.88 Å². The number of hydrogen-bond acceptors (Lipinski definition) is 9. The standard InChI is InChI=1S/C19H22N6O3S/c1-11-22-23-18(29-11)9-21-16-7-17(24-25(2)19(16)26)28-10-12-6-14(12)15-5-4-13(27-3)8-20-15/h4-5,7-8,12,14,21H,6,9-10H2,1-3H3/t12?,14-/m1/s1. The smallest absolute Gasteiger partial charge is 0.290 e. The van der Waals surface area contributed by atoms with Gasteiger partial charge in [0, 0.05) is 30.6 Å². The van der Waals surface area contributed by atoms with E-state index >= 15 is 0 Å². The third-order valence-corrected chi connectivity index (χ3v) is 5.62. The SMILES string of the molecule is COc1ccc([C@@H]2CC2COc2cc(NCc3nnc(C)s3)c(=O)n(C)n2)nc1. The van der Waals surface area contributed by atoms with E-state index in [-0.39, 0.29) is 5.56 Å². The van der Waals surface area contributed by atoms with Crippen molar-refractivity contribution < 1.29 is 9.47 Å². The lowest BCUT2D eigenvalue weighted by Gasteiger charge is -2.10. The van der Waals surface area contributed by atoms with Gasteiger partial charge >= 0.3 is 0 Å². The van der Waals surface area contributed by atoms with Crippen LogP contribution in [0.15, 0.2) is 29.2 Å². The Labute approximate surface area is 171 Å². The Morgan fingerprint density at radius 2 is 2.21 bits per heavy atom. The van der Waals surface area contributed by atoms with Crippen LogP contribution in [0.4, 0.5) is 5.69 Å². The Bertz CT molecular complexity index is 1050. The average Bonchev–Trinajstić information content (AvgIpc) is 3.39. The monoisotopic (exact) mass is 414 g/mol. The predicted octanol–water partition coefficient (Wildman–Crippen LogP) is 2.14. The molecule has 0 amide bonds. The van der Waals surface area contributed by atoms with Crippen LogP contribution < -0.4 is 20.3 Å². The molecule has 152 valence electrons. The molecule has 9 nitrogen and oxygen atoms in total. The minimum absolute atomic E-state index is 0.217. The number of nitrogens with zero attached hydrogens (tertiary/aromatic N) is 5. The van der Waals surface area contributed by atoms with E-state index in [1.165, 1.54) is 16.0 Å². The predicted molar refractivity (Wildman–Crippen MR) is 109 cm³/mol. The zero-order valence-corrected chi connectivity index (χ0v) is 17.3. The highest BCUT2D eigenvalue weighted by atomic mass is 32.1. The molecule has 1 fully saturated rings. The first kappa shape index (κ1) is 19.3. The van der Waals surface area contributed by atoms with Gasteiger partial charge in [0.25, 0.3) is 5.56 Å². The quantitative estimate of drug-likeness (QED) is 0.598. The molecule has 1 N–H and O–H groups in total. The second kappa shape index (κ2) is 8.16. The van der Waals surface area contributed by atoms with Crippen LogP contribution in [0.25, 0.3) is 0 Å². The molecule has 10 heteroatoms. The van der Waals surface area contributed by atoms with Crippen LogP contribution in [0, 0.1) is 12.8 Å². The van der Waals surface area contributed by atoms with Gasteiger partial charge < -0.3 is 14.8 Å². The van der Waals surface area contributed by atoms with E-state index in [2.05, 4.69) is 25.6 Å². The zero-order chi connectivity index (χ0) is 20.4. The van der Waals surface area contributed by atoms with Crippen molar-refractivity contribution in [1.29, 1.82) is 0 Å². The molecule has 0 aromatic carbocycles. The second-order valence-electron chi connectivity index (χ2n) is 6.93. The molecule has 1 unspecified atom stereocenters. The summed E-state index contributed by atoms with van der Waals surface area (Å²) in [5.41, 5.74) is 1.25. The van der Waals surface area contributed by atoms with Gasteiger partial charge in [-0.3, -0.25) is 9.78 Å². The Hall–Kier alpha value is -3.01. The molecule has 3 aromatic heterocycles. The molecule has 3 heterocycles. The van der Waals surface area contributed by atoms with Gasteiger partial charge in [-0.2, -0.15) is 0 Å². The fourth-order valence-corrected chi connectivity index (χ4v) is 3.73. The van der Waals surface area contributed by atoms with Crippen molar-refractivity contribution in [2.24, 2.45) is 13.0 Å². The van der Waals surface area contributed by atoms with Gasteiger partial charge in [0.15, 0.2) is 0 Å². The van der Waals surface area contributed by atoms with E-state index in [0.29, 0.717) is 36.6 Å². The van der Waals surface area contributed by atoms with Crippen molar-refractivity contribution in [2.75, 3.05) is 19.0 Å². The van der Waals surface area contributed by atoms with E-state index in [9.17, 15) is 4.79 Å². The number of nitrogens with one attached hydrogen (secondary N) is 1. The van der Waals surface area contributed by atoms with Crippen LogP contribution in [-0.2, 0) is 13.6 Å². The van der Waals surface area contributed by atoms with Crippen molar-refractivity contribution in [2.45, 2.75) is 25.8 Å². The van der Waals surface area contributed by atoms with Crippen molar-refractivity contribution in [3.05, 3.63) is 50.5 Å². The number of aromatic nitrogens is 5. The van der Waals surface area contributed by atoms with Crippen LogP contribution >= 0.6 is 11.3 Å². The van der Waals surface area contributed by atoms with Crippen molar-refractivity contribution in [3.8, 4) is 11.6 Å². The van der Waals surface area contributed by atoms with Gasteiger partial charge in [-0.1, -0.05) is 11.3 Å². The minimum Gasteiger partial charge on any atom is -0.495 e. The molecule has 0 bridgehead atoms. The number of ether oxygens (including phenoxy) is 2. The molecular weight excluding hydrogens is 392 g/mol. The van der Waals surface area contributed by atoms with Crippen LogP contribution in [0.3, 0.4) is 0 Å². The Balaban J connectivity index is 1.36. The summed E-state index contributed by atoms with van der Waals surface area (Å²) in [7, 11) is 3.24. The summed E-state index contributed by atoms with van der Waals surface area (Å²) in [5, 5.41) is 17.0. The van der Waals surface area contributed by atoms with E-state index in [0.717, 1.165) is 27.9 Å².